The van der Waals surface area contributed by atoms with Crippen LogP contribution in [0.4, 0.5) is 0 Å². The zero-order chi connectivity index (χ0) is 14.8. The molecule has 1 aromatic heterocycles. The lowest BCUT2D eigenvalue weighted by atomic mass is 9.95. The average molecular weight is 302 g/mol. The van der Waals surface area contributed by atoms with Crippen LogP contribution in [0.2, 0.25) is 0 Å². The molecule has 0 saturated heterocycles. The Morgan fingerprint density at radius 2 is 2.05 bits per heavy atom. The van der Waals surface area contributed by atoms with E-state index in [9.17, 15) is 0 Å². The molecule has 0 aliphatic heterocycles. The number of para-hydroxylation sites is 1. The Balaban J connectivity index is 2.19. The topological polar surface area (TPSA) is 26.2 Å². The highest BCUT2D eigenvalue weighted by molar-refractivity contribution is 7.80. The second kappa shape index (κ2) is 6.06. The summed E-state index contributed by atoms with van der Waals surface area (Å²) in [5.41, 5.74) is 2.28. The van der Waals surface area contributed by atoms with Gasteiger partial charge in [0, 0.05) is 30.2 Å². The van der Waals surface area contributed by atoms with Crippen molar-refractivity contribution in [3.05, 3.63) is 30.0 Å². The Bertz CT molecular complexity index is 656. The van der Waals surface area contributed by atoms with Crippen LogP contribution in [-0.2, 0) is 0 Å². The number of benzene rings is 1. The standard InChI is InChI=1S/C17H22N2OS/c1-18-17(21)14-11-19(12-7-4-3-5-8-12)16-13(14)9-6-10-15(16)20-2/h6,9-12H,3-5,7-8H2,1-2H3,(H,18,21). The first-order valence-electron chi connectivity index (χ1n) is 7.66. The molecule has 1 aliphatic rings. The first-order chi connectivity index (χ1) is 10.3. The number of aromatic nitrogens is 1. The van der Waals surface area contributed by atoms with Crippen LogP contribution in [0, 0.1) is 0 Å². The predicted molar refractivity (Wildman–Crippen MR) is 91.4 cm³/mol. The van der Waals surface area contributed by atoms with Gasteiger partial charge in [0.1, 0.15) is 10.7 Å². The van der Waals surface area contributed by atoms with Gasteiger partial charge in [0.2, 0.25) is 0 Å². The first kappa shape index (κ1) is 14.4. The highest BCUT2D eigenvalue weighted by Crippen LogP contribution is 2.37. The third-order valence-corrected chi connectivity index (χ3v) is 4.90. The average Bonchev–Trinajstić information content (AvgIpc) is 2.94. The van der Waals surface area contributed by atoms with E-state index in [1.165, 1.54) is 43.0 Å². The van der Waals surface area contributed by atoms with Crippen LogP contribution in [0.5, 0.6) is 5.75 Å². The molecule has 2 aromatic rings. The summed E-state index contributed by atoms with van der Waals surface area (Å²) in [5, 5.41) is 4.28. The zero-order valence-electron chi connectivity index (χ0n) is 12.7. The fourth-order valence-electron chi connectivity index (χ4n) is 3.41. The summed E-state index contributed by atoms with van der Waals surface area (Å²) in [6.45, 7) is 0. The summed E-state index contributed by atoms with van der Waals surface area (Å²) >= 11 is 5.48. The van der Waals surface area contributed by atoms with Crippen molar-refractivity contribution in [2.45, 2.75) is 38.1 Å². The number of nitrogens with one attached hydrogen (secondary N) is 1. The third-order valence-electron chi connectivity index (χ3n) is 4.48. The number of fused-ring (bicyclic) bond motifs is 1. The van der Waals surface area contributed by atoms with Gasteiger partial charge in [-0.25, -0.2) is 0 Å². The van der Waals surface area contributed by atoms with E-state index in [4.69, 9.17) is 17.0 Å². The fraction of sp³-hybridized carbons (Fsp3) is 0.471. The van der Waals surface area contributed by atoms with Gasteiger partial charge in [-0.2, -0.15) is 0 Å². The molecule has 0 atom stereocenters. The van der Waals surface area contributed by atoms with Crippen LogP contribution in [-0.4, -0.2) is 23.7 Å². The number of hydrogen-bond acceptors (Lipinski definition) is 2. The van der Waals surface area contributed by atoms with Crippen molar-refractivity contribution in [2.24, 2.45) is 0 Å². The van der Waals surface area contributed by atoms with Crippen LogP contribution in [0.1, 0.15) is 43.7 Å². The molecule has 0 radical (unpaired) electrons. The lowest BCUT2D eigenvalue weighted by Crippen LogP contribution is -2.16. The minimum atomic E-state index is 0.561. The Morgan fingerprint density at radius 1 is 1.29 bits per heavy atom. The Labute approximate surface area is 131 Å². The summed E-state index contributed by atoms with van der Waals surface area (Å²) in [7, 11) is 3.62. The van der Waals surface area contributed by atoms with E-state index in [2.05, 4.69) is 22.1 Å². The molecule has 0 unspecified atom stereocenters. The summed E-state index contributed by atoms with van der Waals surface area (Å²) in [6.07, 6.45) is 8.67. The minimum Gasteiger partial charge on any atom is -0.495 e. The van der Waals surface area contributed by atoms with Gasteiger partial charge in [-0.1, -0.05) is 43.6 Å². The van der Waals surface area contributed by atoms with Crippen LogP contribution >= 0.6 is 12.2 Å². The van der Waals surface area contributed by atoms with Crippen LogP contribution in [0.15, 0.2) is 24.4 Å². The van der Waals surface area contributed by atoms with Gasteiger partial charge < -0.3 is 14.6 Å². The number of ether oxygens (including phenoxy) is 1. The second-order valence-electron chi connectivity index (χ2n) is 5.68. The summed E-state index contributed by atoms with van der Waals surface area (Å²) < 4.78 is 8.00. The molecule has 0 spiro atoms. The van der Waals surface area contributed by atoms with Gasteiger partial charge in [0.05, 0.1) is 12.6 Å². The molecule has 3 nitrogen and oxygen atoms in total. The van der Waals surface area contributed by atoms with Crippen molar-refractivity contribution < 1.29 is 4.74 Å². The smallest absolute Gasteiger partial charge is 0.143 e. The van der Waals surface area contributed by atoms with Crippen LogP contribution in [0.3, 0.4) is 0 Å². The van der Waals surface area contributed by atoms with Crippen LogP contribution in [0.25, 0.3) is 10.9 Å². The van der Waals surface area contributed by atoms with Gasteiger partial charge in [0.25, 0.3) is 0 Å². The molecule has 1 fully saturated rings. The van der Waals surface area contributed by atoms with Gasteiger partial charge in [-0.3, -0.25) is 0 Å². The lowest BCUT2D eigenvalue weighted by molar-refractivity contribution is 0.356. The van der Waals surface area contributed by atoms with E-state index in [0.717, 1.165) is 16.3 Å². The maximum Gasteiger partial charge on any atom is 0.143 e. The molecule has 0 amide bonds. The maximum absolute atomic E-state index is 5.60. The monoisotopic (exact) mass is 302 g/mol. The van der Waals surface area contributed by atoms with Gasteiger partial charge in [0.15, 0.2) is 0 Å². The third kappa shape index (κ3) is 2.53. The highest BCUT2D eigenvalue weighted by atomic mass is 32.1. The molecule has 3 rings (SSSR count). The molecule has 1 N–H and O–H groups in total. The van der Waals surface area contributed by atoms with E-state index >= 15 is 0 Å². The van der Waals surface area contributed by atoms with Crippen molar-refractivity contribution in [2.75, 3.05) is 14.2 Å². The number of thiocarbonyl (C=S) groups is 1. The summed E-state index contributed by atoms with van der Waals surface area (Å²) in [5.74, 6) is 0.934. The molecular formula is C17H22N2OS. The van der Waals surface area contributed by atoms with Gasteiger partial charge in [-0.05, 0) is 18.9 Å². The van der Waals surface area contributed by atoms with E-state index in [1.54, 1.807) is 7.11 Å². The molecule has 1 aromatic carbocycles. The second-order valence-corrected chi connectivity index (χ2v) is 6.09. The van der Waals surface area contributed by atoms with E-state index in [-0.39, 0.29) is 0 Å². The van der Waals surface area contributed by atoms with Crippen molar-refractivity contribution in [3.63, 3.8) is 0 Å². The first-order valence-corrected chi connectivity index (χ1v) is 8.06. The van der Waals surface area contributed by atoms with Gasteiger partial charge >= 0.3 is 0 Å². The van der Waals surface area contributed by atoms with E-state index in [1.807, 2.05) is 19.2 Å². The fourth-order valence-corrected chi connectivity index (χ4v) is 3.57. The van der Waals surface area contributed by atoms with Crippen molar-refractivity contribution >= 4 is 28.1 Å². The van der Waals surface area contributed by atoms with Crippen LogP contribution < -0.4 is 10.1 Å². The molecular weight excluding hydrogens is 280 g/mol. The van der Waals surface area contributed by atoms with Crippen molar-refractivity contribution in [3.8, 4) is 5.75 Å². The summed E-state index contributed by atoms with van der Waals surface area (Å²) in [6, 6.07) is 6.77. The maximum atomic E-state index is 5.60. The molecule has 112 valence electrons. The van der Waals surface area contributed by atoms with E-state index < -0.39 is 0 Å². The Hall–Kier alpha value is -1.55. The number of rotatable bonds is 3. The normalized spacial score (nSPS) is 16.1. The van der Waals surface area contributed by atoms with Gasteiger partial charge in [-0.15, -0.1) is 0 Å². The largest absolute Gasteiger partial charge is 0.495 e. The Morgan fingerprint density at radius 3 is 2.71 bits per heavy atom. The quantitative estimate of drug-likeness (QED) is 0.866. The molecule has 0 bridgehead atoms. The number of hydrogen-bond donors (Lipinski definition) is 1. The van der Waals surface area contributed by atoms with Crippen molar-refractivity contribution in [1.82, 2.24) is 9.88 Å². The molecule has 1 heterocycles. The molecule has 21 heavy (non-hydrogen) atoms. The molecule has 4 heteroatoms. The lowest BCUT2D eigenvalue weighted by Gasteiger charge is -2.24. The molecule has 1 aliphatic carbocycles. The predicted octanol–water partition coefficient (Wildman–Crippen LogP) is 4.05. The van der Waals surface area contributed by atoms with Crippen molar-refractivity contribution in [1.29, 1.82) is 0 Å². The SMILES string of the molecule is CNC(=S)c1cn(C2CCCCC2)c2c(OC)cccc12. The Kier molecular flexibility index (Phi) is 4.15. The number of methoxy groups -OCH3 is 1. The number of nitrogens with zero attached hydrogens (tertiary/aromatic N) is 1. The summed E-state index contributed by atoms with van der Waals surface area (Å²) in [4.78, 5) is 0.794. The minimum absolute atomic E-state index is 0.561. The zero-order valence-corrected chi connectivity index (χ0v) is 13.5. The van der Waals surface area contributed by atoms with E-state index in [0.29, 0.717) is 6.04 Å². The molecule has 1 saturated carbocycles. The highest BCUT2D eigenvalue weighted by Gasteiger charge is 2.22.